The van der Waals surface area contributed by atoms with Crippen LogP contribution in [0.15, 0.2) is 58.0 Å². The molecule has 0 aliphatic carbocycles. The molecule has 1 heterocycles. The molecule has 1 saturated heterocycles. The van der Waals surface area contributed by atoms with Gasteiger partial charge in [0.05, 0.1) is 12.8 Å². The van der Waals surface area contributed by atoms with E-state index >= 15 is 0 Å². The molecule has 2 aromatic rings. The molecule has 0 radical (unpaired) electrons. The van der Waals surface area contributed by atoms with Crippen LogP contribution in [0.5, 0.6) is 5.75 Å². The minimum absolute atomic E-state index is 0.123. The van der Waals surface area contributed by atoms with Crippen LogP contribution in [0.25, 0.3) is 0 Å². The summed E-state index contributed by atoms with van der Waals surface area (Å²) >= 11 is 4.65. The predicted octanol–water partition coefficient (Wildman–Crippen LogP) is 4.05. The van der Waals surface area contributed by atoms with Gasteiger partial charge in [-0.3, -0.25) is 14.5 Å². The highest BCUT2D eigenvalue weighted by Gasteiger charge is 2.34. The van der Waals surface area contributed by atoms with Gasteiger partial charge in [-0.1, -0.05) is 39.8 Å². The number of nitrogens with one attached hydrogen (secondary N) is 1. The average molecular weight is 448 g/mol. The molecule has 1 atom stereocenters. The standard InChI is InChI=1S/C19H18BrN3O3S/c1-23-17(24)11-16(18(25)21-13-6-3-5-12(20)9-13)27-19(23)22-14-7-4-8-15(10-14)26-2/h3-10,16H,11H2,1-2H3,(H,21,25). The molecule has 0 aromatic heterocycles. The van der Waals surface area contributed by atoms with Crippen LogP contribution in [0.4, 0.5) is 11.4 Å². The van der Waals surface area contributed by atoms with Crippen LogP contribution in [-0.2, 0) is 9.59 Å². The topological polar surface area (TPSA) is 71.0 Å². The molecule has 1 fully saturated rings. The van der Waals surface area contributed by atoms with Gasteiger partial charge in [-0.25, -0.2) is 4.99 Å². The molecule has 0 saturated carbocycles. The van der Waals surface area contributed by atoms with Crippen LogP contribution in [-0.4, -0.2) is 41.3 Å². The summed E-state index contributed by atoms with van der Waals surface area (Å²) in [6.07, 6.45) is 0.123. The van der Waals surface area contributed by atoms with Gasteiger partial charge in [0.1, 0.15) is 11.0 Å². The molecule has 3 rings (SSSR count). The maximum atomic E-state index is 12.6. The quantitative estimate of drug-likeness (QED) is 0.767. The smallest absolute Gasteiger partial charge is 0.238 e. The number of nitrogens with zero attached hydrogens (tertiary/aromatic N) is 2. The van der Waals surface area contributed by atoms with Gasteiger partial charge >= 0.3 is 0 Å². The first kappa shape index (κ1) is 19.4. The van der Waals surface area contributed by atoms with Crippen molar-refractivity contribution in [3.63, 3.8) is 0 Å². The van der Waals surface area contributed by atoms with Crippen molar-refractivity contribution < 1.29 is 14.3 Å². The Labute approximate surface area is 170 Å². The normalized spacial score (nSPS) is 18.5. The summed E-state index contributed by atoms with van der Waals surface area (Å²) < 4.78 is 6.07. The van der Waals surface area contributed by atoms with Gasteiger partial charge in [0, 0.05) is 29.7 Å². The first-order valence-electron chi connectivity index (χ1n) is 8.18. The molecule has 0 spiro atoms. The molecule has 0 bridgehead atoms. The van der Waals surface area contributed by atoms with E-state index in [9.17, 15) is 9.59 Å². The number of ether oxygens (including phenoxy) is 1. The van der Waals surface area contributed by atoms with Crippen molar-refractivity contribution in [2.45, 2.75) is 11.7 Å². The summed E-state index contributed by atoms with van der Waals surface area (Å²) in [6, 6.07) is 14.6. The van der Waals surface area contributed by atoms with Crippen molar-refractivity contribution >= 4 is 56.0 Å². The van der Waals surface area contributed by atoms with Gasteiger partial charge in [-0.05, 0) is 30.3 Å². The highest BCUT2D eigenvalue weighted by atomic mass is 79.9. The number of amides is 2. The molecule has 1 aliphatic rings. The van der Waals surface area contributed by atoms with E-state index in [1.54, 1.807) is 26.3 Å². The fraction of sp³-hybridized carbons (Fsp3) is 0.211. The number of aliphatic imine (C=N–C) groups is 1. The number of hydrogen-bond acceptors (Lipinski definition) is 5. The Morgan fingerprint density at radius 3 is 2.81 bits per heavy atom. The van der Waals surface area contributed by atoms with Crippen LogP contribution in [0.2, 0.25) is 0 Å². The zero-order chi connectivity index (χ0) is 19.4. The van der Waals surface area contributed by atoms with Gasteiger partial charge in [0.15, 0.2) is 5.17 Å². The molecule has 2 amide bonds. The molecule has 1 unspecified atom stereocenters. The van der Waals surface area contributed by atoms with E-state index in [-0.39, 0.29) is 18.2 Å². The first-order valence-corrected chi connectivity index (χ1v) is 9.86. The second-order valence-corrected chi connectivity index (χ2v) is 7.94. The van der Waals surface area contributed by atoms with E-state index in [1.807, 2.05) is 36.4 Å². The molecule has 1 N–H and O–H groups in total. The number of anilines is 1. The Bertz CT molecular complexity index is 903. The lowest BCUT2D eigenvalue weighted by molar-refractivity contribution is -0.128. The second-order valence-electron chi connectivity index (χ2n) is 5.86. The van der Waals surface area contributed by atoms with Gasteiger partial charge in [0.2, 0.25) is 11.8 Å². The SMILES string of the molecule is COc1cccc(N=C2SC(C(=O)Nc3cccc(Br)c3)CC(=O)N2C)c1. The number of thioether (sulfide) groups is 1. The van der Waals surface area contributed by atoms with E-state index in [2.05, 4.69) is 26.2 Å². The van der Waals surface area contributed by atoms with Crippen molar-refractivity contribution in [3.8, 4) is 5.75 Å². The first-order chi connectivity index (χ1) is 13.0. The van der Waals surface area contributed by atoms with Gasteiger partial charge < -0.3 is 10.1 Å². The molecule has 6 nitrogen and oxygen atoms in total. The van der Waals surface area contributed by atoms with E-state index in [0.29, 0.717) is 22.3 Å². The monoisotopic (exact) mass is 447 g/mol. The lowest BCUT2D eigenvalue weighted by Gasteiger charge is -2.28. The van der Waals surface area contributed by atoms with Crippen LogP contribution >= 0.6 is 27.7 Å². The van der Waals surface area contributed by atoms with Crippen LogP contribution in [0, 0.1) is 0 Å². The number of amidine groups is 1. The molecular formula is C19H18BrN3O3S. The van der Waals surface area contributed by atoms with Crippen LogP contribution < -0.4 is 10.1 Å². The van der Waals surface area contributed by atoms with Gasteiger partial charge in [-0.2, -0.15) is 0 Å². The number of carbonyl (C=O) groups is 2. The van der Waals surface area contributed by atoms with Crippen molar-refractivity contribution in [1.29, 1.82) is 0 Å². The van der Waals surface area contributed by atoms with Crippen molar-refractivity contribution in [2.75, 3.05) is 19.5 Å². The molecular weight excluding hydrogens is 430 g/mol. The third-order valence-corrected chi connectivity index (χ3v) is 5.67. The maximum Gasteiger partial charge on any atom is 0.238 e. The molecule has 1 aliphatic heterocycles. The Morgan fingerprint density at radius 1 is 1.30 bits per heavy atom. The Hall–Kier alpha value is -2.32. The zero-order valence-corrected chi connectivity index (χ0v) is 17.2. The second kappa shape index (κ2) is 8.58. The highest BCUT2D eigenvalue weighted by Crippen LogP contribution is 2.30. The number of rotatable bonds is 4. The van der Waals surface area contributed by atoms with E-state index in [4.69, 9.17) is 4.74 Å². The molecule has 27 heavy (non-hydrogen) atoms. The summed E-state index contributed by atoms with van der Waals surface area (Å²) in [5.41, 5.74) is 1.33. The number of halogens is 1. The molecule has 140 valence electrons. The lowest BCUT2D eigenvalue weighted by atomic mass is 10.2. The van der Waals surface area contributed by atoms with Crippen molar-refractivity contribution in [2.24, 2.45) is 4.99 Å². The highest BCUT2D eigenvalue weighted by molar-refractivity contribution is 9.10. The molecule has 8 heteroatoms. The van der Waals surface area contributed by atoms with Crippen LogP contribution in [0.1, 0.15) is 6.42 Å². The van der Waals surface area contributed by atoms with Crippen molar-refractivity contribution in [3.05, 3.63) is 53.0 Å². The fourth-order valence-corrected chi connectivity index (χ4v) is 3.94. The Kier molecular flexibility index (Phi) is 6.18. The Morgan fingerprint density at radius 2 is 2.07 bits per heavy atom. The predicted molar refractivity (Wildman–Crippen MR) is 112 cm³/mol. The van der Waals surface area contributed by atoms with E-state index < -0.39 is 5.25 Å². The average Bonchev–Trinajstić information content (AvgIpc) is 2.65. The minimum atomic E-state index is -0.544. The fourth-order valence-electron chi connectivity index (χ4n) is 2.48. The Balaban J connectivity index is 1.79. The summed E-state index contributed by atoms with van der Waals surface area (Å²) in [6.45, 7) is 0. The third kappa shape index (κ3) is 4.90. The van der Waals surface area contributed by atoms with Crippen LogP contribution in [0.3, 0.4) is 0 Å². The van der Waals surface area contributed by atoms with Crippen molar-refractivity contribution in [1.82, 2.24) is 4.90 Å². The largest absolute Gasteiger partial charge is 0.497 e. The van der Waals surface area contributed by atoms with E-state index in [1.165, 1.54) is 16.7 Å². The summed E-state index contributed by atoms with van der Waals surface area (Å²) in [7, 11) is 3.25. The number of methoxy groups -OCH3 is 1. The third-order valence-electron chi connectivity index (χ3n) is 3.93. The number of carbonyl (C=O) groups excluding carboxylic acids is 2. The maximum absolute atomic E-state index is 12.6. The number of hydrogen-bond donors (Lipinski definition) is 1. The van der Waals surface area contributed by atoms with Gasteiger partial charge in [-0.15, -0.1) is 0 Å². The lowest BCUT2D eigenvalue weighted by Crippen LogP contribution is -2.43. The summed E-state index contributed by atoms with van der Waals surface area (Å²) in [4.78, 5) is 31.0. The number of benzene rings is 2. The minimum Gasteiger partial charge on any atom is -0.497 e. The molecule has 2 aromatic carbocycles. The van der Waals surface area contributed by atoms with E-state index in [0.717, 1.165) is 4.47 Å². The zero-order valence-electron chi connectivity index (χ0n) is 14.8. The summed E-state index contributed by atoms with van der Waals surface area (Å²) in [5, 5.41) is 2.79. The summed E-state index contributed by atoms with van der Waals surface area (Å²) in [5.74, 6) is 0.304. The van der Waals surface area contributed by atoms with Gasteiger partial charge in [0.25, 0.3) is 0 Å².